The second-order valence-corrected chi connectivity index (χ2v) is 4.34. The van der Waals surface area contributed by atoms with Gasteiger partial charge in [0.05, 0.1) is 12.7 Å². The molecule has 0 amide bonds. The van der Waals surface area contributed by atoms with Gasteiger partial charge in [-0.05, 0) is 6.07 Å². The zero-order valence-corrected chi connectivity index (χ0v) is 10.5. The van der Waals surface area contributed by atoms with E-state index in [0.29, 0.717) is 11.0 Å². The zero-order chi connectivity index (χ0) is 14.2. The van der Waals surface area contributed by atoms with E-state index in [1.165, 1.54) is 17.0 Å². The highest BCUT2D eigenvalue weighted by molar-refractivity contribution is 6.29. The molecule has 0 aliphatic rings. The predicted molar refractivity (Wildman–Crippen MR) is 62.1 cm³/mol. The lowest BCUT2D eigenvalue weighted by Crippen LogP contribution is -2.22. The molecule has 0 aromatic carbocycles. The summed E-state index contributed by atoms with van der Waals surface area (Å²) in [5, 5.41) is 0.425. The van der Waals surface area contributed by atoms with Crippen LogP contribution < -0.4 is 0 Å². The maximum Gasteiger partial charge on any atom is 0.454 e. The number of Topliss-reactive ketones (excluding diaryl/α,β-unsaturated/α-hetero) is 1. The van der Waals surface area contributed by atoms with Crippen LogP contribution in [0.4, 0.5) is 13.2 Å². The van der Waals surface area contributed by atoms with Crippen molar-refractivity contribution in [1.29, 1.82) is 0 Å². The Bertz CT molecular complexity index is 615. The summed E-state index contributed by atoms with van der Waals surface area (Å²) >= 11 is 5.80. The molecule has 4 nitrogen and oxygen atoms in total. The molecule has 0 fully saturated rings. The summed E-state index contributed by atoms with van der Waals surface area (Å²) in [6.45, 7) is 0.231. The van der Waals surface area contributed by atoms with E-state index < -0.39 is 17.5 Å². The quantitative estimate of drug-likeness (QED) is 0.816. The first-order valence-corrected chi connectivity index (χ1v) is 5.60. The van der Waals surface area contributed by atoms with Crippen molar-refractivity contribution in [3.05, 3.63) is 41.2 Å². The highest BCUT2D eigenvalue weighted by Crippen LogP contribution is 2.21. The van der Waals surface area contributed by atoms with Crippen molar-refractivity contribution in [3.63, 3.8) is 0 Å². The number of hydrogen-bond donors (Lipinski definition) is 0. The molecule has 0 atom stereocenters. The number of carbonyl (C=O) groups is 1. The molecule has 0 N–H and O–H groups in total. The molecular formula is C11H9ClF3N3O. The van der Waals surface area contributed by atoms with Crippen LogP contribution in [-0.4, -0.2) is 26.1 Å². The molecule has 0 spiro atoms. The molecular weight excluding hydrogens is 283 g/mol. The monoisotopic (exact) mass is 291 g/mol. The number of nitrogens with zero attached hydrogens (tertiary/aromatic N) is 3. The predicted octanol–water partition coefficient (Wildman–Crippen LogP) is 2.67. The highest BCUT2D eigenvalue weighted by Gasteiger charge is 2.39. The Morgan fingerprint density at radius 2 is 2.16 bits per heavy atom. The average Bonchev–Trinajstić information content (AvgIpc) is 2.89. The number of aromatic nitrogens is 3. The second kappa shape index (κ2) is 4.73. The van der Waals surface area contributed by atoms with E-state index >= 15 is 0 Å². The molecule has 2 rings (SSSR count). The van der Waals surface area contributed by atoms with Gasteiger partial charge in [-0.25, -0.2) is 4.98 Å². The van der Waals surface area contributed by atoms with Gasteiger partial charge in [-0.3, -0.25) is 4.79 Å². The third kappa shape index (κ3) is 2.81. The van der Waals surface area contributed by atoms with Gasteiger partial charge in [0.15, 0.2) is 0 Å². The van der Waals surface area contributed by atoms with Crippen molar-refractivity contribution in [2.45, 2.75) is 12.7 Å². The van der Waals surface area contributed by atoms with Crippen LogP contribution in [-0.2, 0) is 13.6 Å². The van der Waals surface area contributed by atoms with Gasteiger partial charge in [0.1, 0.15) is 11.0 Å². The van der Waals surface area contributed by atoms with Crippen LogP contribution in [0, 0.1) is 0 Å². The molecule has 0 radical (unpaired) electrons. The van der Waals surface area contributed by atoms with E-state index in [9.17, 15) is 18.0 Å². The maximum atomic E-state index is 12.2. The van der Waals surface area contributed by atoms with Crippen molar-refractivity contribution < 1.29 is 18.0 Å². The van der Waals surface area contributed by atoms with Gasteiger partial charge in [0.25, 0.3) is 5.78 Å². The Morgan fingerprint density at radius 1 is 1.47 bits per heavy atom. The van der Waals surface area contributed by atoms with Crippen LogP contribution >= 0.6 is 11.6 Å². The molecule has 0 unspecified atom stereocenters. The molecule has 0 aliphatic heterocycles. The van der Waals surface area contributed by atoms with E-state index in [-0.39, 0.29) is 6.54 Å². The lowest BCUT2D eigenvalue weighted by Gasteiger charge is -2.04. The lowest BCUT2D eigenvalue weighted by atomic mass is 10.2. The van der Waals surface area contributed by atoms with Gasteiger partial charge >= 0.3 is 6.18 Å². The van der Waals surface area contributed by atoms with Crippen molar-refractivity contribution >= 4 is 17.4 Å². The fourth-order valence-electron chi connectivity index (χ4n) is 1.57. The number of halogens is 4. The molecule has 0 bridgehead atoms. The molecule has 8 heteroatoms. The Hall–Kier alpha value is -1.76. The van der Waals surface area contributed by atoms with E-state index in [2.05, 4.69) is 4.98 Å². The van der Waals surface area contributed by atoms with Crippen LogP contribution in [0.3, 0.4) is 0 Å². The third-order valence-corrected chi connectivity index (χ3v) is 2.97. The van der Waals surface area contributed by atoms with E-state index in [1.54, 1.807) is 11.6 Å². The number of carbonyl (C=O) groups excluding carboxylic acids is 1. The number of imidazole rings is 1. The largest absolute Gasteiger partial charge is 0.454 e. The second-order valence-electron chi connectivity index (χ2n) is 3.96. The smallest absolute Gasteiger partial charge is 0.346 e. The summed E-state index contributed by atoms with van der Waals surface area (Å²) < 4.78 is 39.8. The molecule has 2 aromatic rings. The van der Waals surface area contributed by atoms with Crippen LogP contribution in [0.25, 0.3) is 0 Å². The molecule has 0 aliphatic carbocycles. The summed E-state index contributed by atoms with van der Waals surface area (Å²) in [6.07, 6.45) is -0.888. The summed E-state index contributed by atoms with van der Waals surface area (Å²) in [6, 6.07) is 1.13. The summed E-state index contributed by atoms with van der Waals surface area (Å²) in [5.74, 6) is -1.28. The first kappa shape index (κ1) is 13.7. The standard InChI is InChI=1S/C11H9ClF3N3O/c1-17-8(12)4-16-9(17)6-18-3-2-7(5-18)10(19)11(13,14)15/h2-5H,6H2,1H3. The number of ketones is 1. The van der Waals surface area contributed by atoms with E-state index in [1.807, 2.05) is 0 Å². The molecule has 2 aromatic heterocycles. The molecule has 0 saturated carbocycles. The first-order chi connectivity index (χ1) is 8.79. The van der Waals surface area contributed by atoms with Gasteiger partial charge in [-0.15, -0.1) is 0 Å². The van der Waals surface area contributed by atoms with Crippen LogP contribution in [0.1, 0.15) is 16.2 Å². The Morgan fingerprint density at radius 3 is 2.68 bits per heavy atom. The highest BCUT2D eigenvalue weighted by atomic mass is 35.5. The maximum absolute atomic E-state index is 12.2. The van der Waals surface area contributed by atoms with Gasteiger partial charge in [0, 0.05) is 25.0 Å². The number of alkyl halides is 3. The number of hydrogen-bond acceptors (Lipinski definition) is 2. The lowest BCUT2D eigenvalue weighted by molar-refractivity contribution is -0.0885. The SMILES string of the molecule is Cn1c(Cl)cnc1Cn1ccc(C(=O)C(F)(F)F)c1. The minimum atomic E-state index is -4.86. The first-order valence-electron chi connectivity index (χ1n) is 5.22. The zero-order valence-electron chi connectivity index (χ0n) is 9.78. The number of rotatable bonds is 3. The normalized spacial score (nSPS) is 11.8. The summed E-state index contributed by atoms with van der Waals surface area (Å²) in [4.78, 5) is 15.0. The topological polar surface area (TPSA) is 39.8 Å². The van der Waals surface area contributed by atoms with Gasteiger partial charge in [0.2, 0.25) is 0 Å². The molecule has 19 heavy (non-hydrogen) atoms. The van der Waals surface area contributed by atoms with Crippen molar-refractivity contribution in [2.75, 3.05) is 0 Å². The molecule has 0 saturated heterocycles. The van der Waals surface area contributed by atoms with Gasteiger partial charge in [-0.1, -0.05) is 11.6 Å². The fraction of sp³-hybridized carbons (Fsp3) is 0.273. The molecule has 102 valence electrons. The van der Waals surface area contributed by atoms with Crippen molar-refractivity contribution in [1.82, 2.24) is 14.1 Å². The Balaban J connectivity index is 2.18. The summed E-state index contributed by atoms with van der Waals surface area (Å²) in [7, 11) is 1.69. The van der Waals surface area contributed by atoms with E-state index in [0.717, 1.165) is 12.3 Å². The van der Waals surface area contributed by atoms with Gasteiger partial charge < -0.3 is 9.13 Å². The van der Waals surface area contributed by atoms with E-state index in [4.69, 9.17) is 11.6 Å². The van der Waals surface area contributed by atoms with Crippen LogP contribution in [0.5, 0.6) is 0 Å². The fourth-order valence-corrected chi connectivity index (χ4v) is 1.72. The Labute approximate surface area is 111 Å². The van der Waals surface area contributed by atoms with Gasteiger partial charge in [-0.2, -0.15) is 13.2 Å². The van der Waals surface area contributed by atoms with Crippen molar-refractivity contribution in [2.24, 2.45) is 7.05 Å². The third-order valence-electron chi connectivity index (χ3n) is 2.62. The minimum absolute atomic E-state index is 0.231. The minimum Gasteiger partial charge on any atom is -0.346 e. The molecule has 2 heterocycles. The van der Waals surface area contributed by atoms with Crippen LogP contribution in [0.15, 0.2) is 24.7 Å². The average molecular weight is 292 g/mol. The van der Waals surface area contributed by atoms with Crippen molar-refractivity contribution in [3.8, 4) is 0 Å². The summed E-state index contributed by atoms with van der Waals surface area (Å²) in [5.41, 5.74) is -0.396. The van der Waals surface area contributed by atoms with Crippen LogP contribution in [0.2, 0.25) is 5.15 Å². The Kier molecular flexibility index (Phi) is 3.40.